The van der Waals surface area contributed by atoms with Crippen LogP contribution in [-0.2, 0) is 0 Å². The number of amides is 1. The maximum atomic E-state index is 12.1. The molecule has 0 spiro atoms. The van der Waals surface area contributed by atoms with E-state index in [1.54, 1.807) is 19.1 Å². The van der Waals surface area contributed by atoms with Crippen molar-refractivity contribution in [3.8, 4) is 5.75 Å². The standard InChI is InChI=1S/C14H11ClN2O4/c1-8-2-3-9(6-13(8)18)16-14(19)11-5-4-10(17(20)21)7-12(11)15/h2-7,18H,1H3,(H,16,19). The second kappa shape index (κ2) is 5.80. The Kier molecular flexibility index (Phi) is 4.09. The Morgan fingerprint density at radius 1 is 1.29 bits per heavy atom. The predicted octanol–water partition coefficient (Wildman–Crippen LogP) is 3.51. The number of non-ortho nitro benzene ring substituents is 1. The molecule has 2 aromatic rings. The molecule has 0 fully saturated rings. The minimum Gasteiger partial charge on any atom is -0.508 e. The minimum atomic E-state index is -0.592. The monoisotopic (exact) mass is 306 g/mol. The lowest BCUT2D eigenvalue weighted by molar-refractivity contribution is -0.384. The van der Waals surface area contributed by atoms with E-state index in [-0.39, 0.29) is 22.0 Å². The number of halogens is 1. The molecule has 2 rings (SSSR count). The SMILES string of the molecule is Cc1ccc(NC(=O)c2ccc([N+](=O)[O-])cc2Cl)cc1O. The van der Waals surface area contributed by atoms with E-state index < -0.39 is 10.8 Å². The van der Waals surface area contributed by atoms with Crippen LogP contribution in [0.1, 0.15) is 15.9 Å². The van der Waals surface area contributed by atoms with Crippen LogP contribution >= 0.6 is 11.6 Å². The number of phenolic OH excluding ortho intramolecular Hbond substituents is 1. The number of nitrogens with one attached hydrogen (secondary N) is 1. The van der Waals surface area contributed by atoms with Gasteiger partial charge in [0, 0.05) is 23.9 Å². The molecule has 108 valence electrons. The van der Waals surface area contributed by atoms with Crippen LogP contribution < -0.4 is 5.32 Å². The highest BCUT2D eigenvalue weighted by molar-refractivity contribution is 6.34. The molecule has 6 nitrogen and oxygen atoms in total. The smallest absolute Gasteiger partial charge is 0.270 e. The maximum Gasteiger partial charge on any atom is 0.270 e. The zero-order chi connectivity index (χ0) is 15.6. The first-order valence-corrected chi connectivity index (χ1v) is 6.31. The number of aromatic hydroxyl groups is 1. The number of carbonyl (C=O) groups is 1. The third kappa shape index (κ3) is 3.29. The summed E-state index contributed by atoms with van der Waals surface area (Å²) < 4.78 is 0. The Balaban J connectivity index is 2.24. The number of nitro benzene ring substituents is 1. The first-order valence-electron chi connectivity index (χ1n) is 5.93. The minimum absolute atomic E-state index is 0.0157. The summed E-state index contributed by atoms with van der Waals surface area (Å²) in [5.74, 6) is -0.458. The van der Waals surface area contributed by atoms with E-state index >= 15 is 0 Å². The van der Waals surface area contributed by atoms with Gasteiger partial charge in [0.1, 0.15) is 5.75 Å². The Labute approximate surface area is 125 Å². The van der Waals surface area contributed by atoms with E-state index in [0.717, 1.165) is 6.07 Å². The molecular formula is C14H11ClN2O4. The van der Waals surface area contributed by atoms with Gasteiger partial charge >= 0.3 is 0 Å². The van der Waals surface area contributed by atoms with Crippen molar-refractivity contribution in [2.75, 3.05) is 5.32 Å². The largest absolute Gasteiger partial charge is 0.508 e. The number of nitrogens with zero attached hydrogens (tertiary/aromatic N) is 1. The number of rotatable bonds is 3. The molecule has 1 amide bonds. The fourth-order valence-corrected chi connectivity index (χ4v) is 1.95. The zero-order valence-electron chi connectivity index (χ0n) is 11.0. The van der Waals surface area contributed by atoms with E-state index in [0.29, 0.717) is 11.3 Å². The number of carbonyl (C=O) groups excluding carboxylic acids is 1. The Bertz CT molecular complexity index is 731. The molecule has 2 N–H and O–H groups in total. The van der Waals surface area contributed by atoms with Crippen LogP contribution in [0.5, 0.6) is 5.75 Å². The summed E-state index contributed by atoms with van der Waals surface area (Å²) in [7, 11) is 0. The van der Waals surface area contributed by atoms with Gasteiger partial charge in [-0.3, -0.25) is 14.9 Å². The van der Waals surface area contributed by atoms with Gasteiger partial charge < -0.3 is 10.4 Å². The fourth-order valence-electron chi connectivity index (χ4n) is 1.69. The molecule has 0 radical (unpaired) electrons. The summed E-state index contributed by atoms with van der Waals surface area (Å²) in [5, 5.41) is 22.7. The molecule has 0 aliphatic heterocycles. The van der Waals surface area contributed by atoms with Gasteiger partial charge in [-0.15, -0.1) is 0 Å². The molecule has 0 aromatic heterocycles. The lowest BCUT2D eigenvalue weighted by Crippen LogP contribution is -2.12. The number of phenols is 1. The van der Waals surface area contributed by atoms with Gasteiger partial charge in [-0.05, 0) is 24.6 Å². The summed E-state index contributed by atoms with van der Waals surface area (Å²) in [6, 6.07) is 8.29. The van der Waals surface area contributed by atoms with Crippen LogP contribution in [0.15, 0.2) is 36.4 Å². The third-order valence-electron chi connectivity index (χ3n) is 2.88. The summed E-state index contributed by atoms with van der Waals surface area (Å²) in [6.45, 7) is 1.73. The van der Waals surface area contributed by atoms with Crippen molar-refractivity contribution in [1.29, 1.82) is 0 Å². The van der Waals surface area contributed by atoms with E-state index in [1.165, 1.54) is 18.2 Å². The van der Waals surface area contributed by atoms with Crippen molar-refractivity contribution < 1.29 is 14.8 Å². The molecule has 0 aliphatic rings. The van der Waals surface area contributed by atoms with Crippen LogP contribution in [0.2, 0.25) is 5.02 Å². The summed E-state index contributed by atoms with van der Waals surface area (Å²) >= 11 is 5.88. The van der Waals surface area contributed by atoms with Crippen molar-refractivity contribution in [1.82, 2.24) is 0 Å². The molecule has 7 heteroatoms. The molecule has 21 heavy (non-hydrogen) atoms. The molecule has 0 saturated heterocycles. The molecule has 0 unspecified atom stereocenters. The fraction of sp³-hybridized carbons (Fsp3) is 0.0714. The quantitative estimate of drug-likeness (QED) is 0.670. The molecule has 0 bridgehead atoms. The predicted molar refractivity (Wildman–Crippen MR) is 78.9 cm³/mol. The first-order chi connectivity index (χ1) is 9.88. The van der Waals surface area contributed by atoms with Crippen molar-refractivity contribution in [2.45, 2.75) is 6.92 Å². The highest BCUT2D eigenvalue weighted by Gasteiger charge is 2.15. The van der Waals surface area contributed by atoms with E-state index in [9.17, 15) is 20.0 Å². The average molecular weight is 307 g/mol. The summed E-state index contributed by atoms with van der Waals surface area (Å²) in [5.41, 5.74) is 1.01. The zero-order valence-corrected chi connectivity index (χ0v) is 11.7. The van der Waals surface area contributed by atoms with Crippen LogP contribution in [-0.4, -0.2) is 15.9 Å². The van der Waals surface area contributed by atoms with Gasteiger partial charge in [-0.2, -0.15) is 0 Å². The number of hydrogen-bond donors (Lipinski definition) is 2. The van der Waals surface area contributed by atoms with Crippen LogP contribution in [0.25, 0.3) is 0 Å². The molecule has 0 atom stereocenters. The van der Waals surface area contributed by atoms with Crippen molar-refractivity contribution in [3.63, 3.8) is 0 Å². The van der Waals surface area contributed by atoms with Gasteiger partial charge in [-0.1, -0.05) is 17.7 Å². The number of hydrogen-bond acceptors (Lipinski definition) is 4. The number of aryl methyl sites for hydroxylation is 1. The van der Waals surface area contributed by atoms with Crippen LogP contribution in [0.4, 0.5) is 11.4 Å². The van der Waals surface area contributed by atoms with Crippen molar-refractivity contribution >= 4 is 28.9 Å². The Hall–Kier alpha value is -2.60. The topological polar surface area (TPSA) is 92.5 Å². The highest BCUT2D eigenvalue weighted by atomic mass is 35.5. The van der Waals surface area contributed by atoms with Gasteiger partial charge in [0.2, 0.25) is 0 Å². The van der Waals surface area contributed by atoms with Gasteiger partial charge in [0.15, 0.2) is 0 Å². The van der Waals surface area contributed by atoms with Gasteiger partial charge in [-0.25, -0.2) is 0 Å². The summed E-state index contributed by atoms with van der Waals surface area (Å²) in [4.78, 5) is 22.1. The Morgan fingerprint density at radius 2 is 2.00 bits per heavy atom. The van der Waals surface area contributed by atoms with Crippen LogP contribution in [0.3, 0.4) is 0 Å². The van der Waals surface area contributed by atoms with Gasteiger partial charge in [0.25, 0.3) is 11.6 Å². The normalized spacial score (nSPS) is 10.2. The number of nitro groups is 1. The molecule has 0 aliphatic carbocycles. The highest BCUT2D eigenvalue weighted by Crippen LogP contribution is 2.25. The van der Waals surface area contributed by atoms with Crippen molar-refractivity contribution in [3.05, 3.63) is 62.7 Å². The molecule has 0 heterocycles. The second-order valence-corrected chi connectivity index (χ2v) is 4.78. The van der Waals surface area contributed by atoms with Crippen LogP contribution in [0, 0.1) is 17.0 Å². The van der Waals surface area contributed by atoms with E-state index in [2.05, 4.69) is 5.32 Å². The Morgan fingerprint density at radius 3 is 2.57 bits per heavy atom. The summed E-state index contributed by atoms with van der Waals surface area (Å²) in [6.07, 6.45) is 0. The number of benzene rings is 2. The second-order valence-electron chi connectivity index (χ2n) is 4.38. The maximum absolute atomic E-state index is 12.1. The van der Waals surface area contributed by atoms with E-state index in [4.69, 9.17) is 11.6 Å². The third-order valence-corrected chi connectivity index (χ3v) is 3.19. The van der Waals surface area contributed by atoms with Gasteiger partial charge in [0.05, 0.1) is 15.5 Å². The number of anilines is 1. The average Bonchev–Trinajstić information content (AvgIpc) is 2.42. The van der Waals surface area contributed by atoms with E-state index in [1.807, 2.05) is 0 Å². The molecule has 0 saturated carbocycles. The van der Waals surface area contributed by atoms with Crippen molar-refractivity contribution in [2.24, 2.45) is 0 Å². The lowest BCUT2D eigenvalue weighted by atomic mass is 10.1. The molecule has 2 aromatic carbocycles. The first kappa shape index (κ1) is 14.8. The lowest BCUT2D eigenvalue weighted by Gasteiger charge is -2.08. The molecular weight excluding hydrogens is 296 g/mol.